The van der Waals surface area contributed by atoms with Crippen molar-refractivity contribution in [3.8, 4) is 5.75 Å². The topological polar surface area (TPSA) is 35.5 Å². The SMILES string of the molecule is C=C(C)C(=O)OCC(S)c1ccc(OC(F)(F)C(F)(F)C(F)(F)C(F)(F)C(F)(F)C(F)(F)F)cc1. The smallest absolute Gasteiger partial charge is 0.461 e. The monoisotopic (exact) mass is 556 g/mol. The summed E-state index contributed by atoms with van der Waals surface area (Å²) in [6.07, 6.45) is -14.2. The summed E-state index contributed by atoms with van der Waals surface area (Å²) < 4.78 is 178. The third-order valence-electron chi connectivity index (χ3n) is 4.14. The van der Waals surface area contributed by atoms with Crippen molar-refractivity contribution in [1.29, 1.82) is 0 Å². The number of thiol groups is 1. The summed E-state index contributed by atoms with van der Waals surface area (Å²) in [6.45, 7) is 4.17. The fourth-order valence-corrected chi connectivity index (χ4v) is 2.35. The first kappa shape index (κ1) is 30.7. The maximum absolute atomic E-state index is 13.7. The normalized spacial score (nSPS) is 14.9. The Bertz CT molecular complexity index is 927. The maximum Gasteiger partial charge on any atom is 0.471 e. The van der Waals surface area contributed by atoms with Gasteiger partial charge in [-0.3, -0.25) is 0 Å². The Morgan fingerprint density at radius 2 is 1.26 bits per heavy atom. The molecule has 0 radical (unpaired) electrons. The molecular weight excluding hydrogens is 543 g/mol. The van der Waals surface area contributed by atoms with E-state index in [1.807, 2.05) is 0 Å². The molecule has 17 heteroatoms. The van der Waals surface area contributed by atoms with Gasteiger partial charge in [-0.2, -0.15) is 69.7 Å². The van der Waals surface area contributed by atoms with Crippen molar-refractivity contribution in [1.82, 2.24) is 0 Å². The fraction of sp³-hybridized carbons (Fsp3) is 0.500. The van der Waals surface area contributed by atoms with Crippen LogP contribution in [0.2, 0.25) is 0 Å². The molecule has 1 aromatic carbocycles. The Morgan fingerprint density at radius 1 is 0.829 bits per heavy atom. The summed E-state index contributed by atoms with van der Waals surface area (Å²) in [4.78, 5) is 11.3. The zero-order chi connectivity index (χ0) is 27.8. The van der Waals surface area contributed by atoms with Crippen molar-refractivity contribution >= 4 is 18.6 Å². The first-order valence-corrected chi connectivity index (χ1v) is 9.21. The largest absolute Gasteiger partial charge is 0.471 e. The van der Waals surface area contributed by atoms with E-state index in [-0.39, 0.29) is 11.1 Å². The molecule has 0 heterocycles. The second-order valence-electron chi connectivity index (χ2n) is 6.88. The molecule has 35 heavy (non-hydrogen) atoms. The number of carbonyl (C=O) groups is 1. The highest BCUT2D eigenvalue weighted by molar-refractivity contribution is 7.80. The Balaban J connectivity index is 3.16. The van der Waals surface area contributed by atoms with E-state index in [0.29, 0.717) is 12.1 Å². The molecule has 1 unspecified atom stereocenters. The van der Waals surface area contributed by atoms with Gasteiger partial charge in [0.15, 0.2) is 0 Å². The zero-order valence-electron chi connectivity index (χ0n) is 16.9. The number of ether oxygens (including phenoxy) is 2. The number of benzene rings is 1. The van der Waals surface area contributed by atoms with Gasteiger partial charge in [0.2, 0.25) is 0 Å². The van der Waals surface area contributed by atoms with Gasteiger partial charge in [-0.25, -0.2) is 4.79 Å². The highest BCUT2D eigenvalue weighted by Gasteiger charge is 2.91. The Kier molecular flexibility index (Phi) is 8.43. The van der Waals surface area contributed by atoms with Gasteiger partial charge >= 0.3 is 41.9 Å². The molecule has 0 bridgehead atoms. The molecule has 0 spiro atoms. The summed E-state index contributed by atoms with van der Waals surface area (Å²) in [5.74, 6) is -33.6. The van der Waals surface area contributed by atoms with Crippen LogP contribution in [0, 0.1) is 0 Å². The second kappa shape index (κ2) is 9.61. The van der Waals surface area contributed by atoms with Gasteiger partial charge in [0.05, 0.1) is 5.25 Å². The van der Waals surface area contributed by atoms with Gasteiger partial charge in [0, 0.05) is 5.57 Å². The number of esters is 1. The lowest BCUT2D eigenvalue weighted by molar-refractivity contribution is -0.456. The van der Waals surface area contributed by atoms with E-state index in [4.69, 9.17) is 4.74 Å². The van der Waals surface area contributed by atoms with Crippen LogP contribution in [-0.2, 0) is 9.53 Å². The van der Waals surface area contributed by atoms with Crippen LogP contribution < -0.4 is 4.74 Å². The van der Waals surface area contributed by atoms with Crippen molar-refractivity contribution in [3.63, 3.8) is 0 Å². The lowest BCUT2D eigenvalue weighted by Gasteiger charge is -2.39. The number of rotatable bonds is 10. The molecule has 1 rings (SSSR count). The molecule has 0 aliphatic carbocycles. The third-order valence-corrected chi connectivity index (χ3v) is 4.58. The van der Waals surface area contributed by atoms with Gasteiger partial charge in [-0.05, 0) is 24.6 Å². The molecule has 0 fully saturated rings. The van der Waals surface area contributed by atoms with Crippen LogP contribution in [0.3, 0.4) is 0 Å². The quantitative estimate of drug-likeness (QED) is 0.148. The molecule has 0 aromatic heterocycles. The average Bonchev–Trinajstić information content (AvgIpc) is 2.70. The highest BCUT2D eigenvalue weighted by atomic mass is 32.1. The maximum atomic E-state index is 13.7. The van der Waals surface area contributed by atoms with Crippen LogP contribution in [0.5, 0.6) is 5.75 Å². The minimum absolute atomic E-state index is 0.00724. The van der Waals surface area contributed by atoms with Crippen LogP contribution in [0.25, 0.3) is 0 Å². The van der Waals surface area contributed by atoms with Crippen LogP contribution in [0.15, 0.2) is 36.4 Å². The van der Waals surface area contributed by atoms with E-state index in [1.165, 1.54) is 6.92 Å². The van der Waals surface area contributed by atoms with E-state index < -0.39 is 59.6 Å². The second-order valence-corrected chi connectivity index (χ2v) is 7.50. The van der Waals surface area contributed by atoms with Crippen LogP contribution in [0.4, 0.5) is 57.1 Å². The van der Waals surface area contributed by atoms with E-state index in [9.17, 15) is 61.9 Å². The Labute approximate surface area is 193 Å². The van der Waals surface area contributed by atoms with Crippen molar-refractivity contribution in [2.45, 2.75) is 48.1 Å². The van der Waals surface area contributed by atoms with Crippen molar-refractivity contribution < 1.29 is 71.3 Å². The first-order chi connectivity index (χ1) is 15.4. The molecule has 0 aliphatic rings. The molecular formula is C18H13F13O3S. The van der Waals surface area contributed by atoms with E-state index in [0.717, 1.165) is 12.1 Å². The molecule has 0 amide bonds. The molecule has 3 nitrogen and oxygen atoms in total. The lowest BCUT2D eigenvalue weighted by Crippen LogP contribution is -2.70. The third kappa shape index (κ3) is 5.58. The molecule has 0 saturated heterocycles. The number of carbonyl (C=O) groups excluding carboxylic acids is 1. The predicted octanol–water partition coefficient (Wildman–Crippen LogP) is 6.85. The Hall–Kier alpha value is -2.33. The van der Waals surface area contributed by atoms with Gasteiger partial charge in [-0.15, -0.1) is 0 Å². The minimum atomic E-state index is -8.02. The van der Waals surface area contributed by atoms with Crippen LogP contribution >= 0.6 is 12.6 Å². The van der Waals surface area contributed by atoms with Gasteiger partial charge in [-0.1, -0.05) is 18.7 Å². The Morgan fingerprint density at radius 3 is 1.66 bits per heavy atom. The minimum Gasteiger partial charge on any atom is -0.461 e. The zero-order valence-corrected chi connectivity index (χ0v) is 17.8. The van der Waals surface area contributed by atoms with E-state index >= 15 is 0 Å². The molecule has 0 aliphatic heterocycles. The van der Waals surface area contributed by atoms with Crippen LogP contribution in [0.1, 0.15) is 17.7 Å². The molecule has 200 valence electrons. The summed E-state index contributed by atoms with van der Waals surface area (Å²) in [5, 5.41) is -0.957. The van der Waals surface area contributed by atoms with Gasteiger partial charge < -0.3 is 9.47 Å². The summed E-state index contributed by atoms with van der Waals surface area (Å²) in [6, 6.07) is 2.42. The first-order valence-electron chi connectivity index (χ1n) is 8.69. The van der Waals surface area contributed by atoms with Crippen molar-refractivity contribution in [2.75, 3.05) is 6.61 Å². The molecule has 0 saturated carbocycles. The van der Waals surface area contributed by atoms with E-state index in [1.54, 1.807) is 0 Å². The predicted molar refractivity (Wildman–Crippen MR) is 95.4 cm³/mol. The molecule has 1 atom stereocenters. The van der Waals surface area contributed by atoms with E-state index in [2.05, 4.69) is 23.9 Å². The van der Waals surface area contributed by atoms with Gasteiger partial charge in [0.25, 0.3) is 0 Å². The average molecular weight is 556 g/mol. The standard InChI is InChI=1S/C18H13F13O3S/c1-8(2)12(32)33-7-11(35)9-3-5-10(6-4-9)34-18(30,31)16(25,26)14(21,22)13(19,20)15(23,24)17(27,28)29/h3-6,11,35H,1,7H2,2H3. The lowest BCUT2D eigenvalue weighted by atomic mass is 9.97. The fourth-order valence-electron chi connectivity index (χ4n) is 2.10. The highest BCUT2D eigenvalue weighted by Crippen LogP contribution is 2.60. The van der Waals surface area contributed by atoms with Gasteiger partial charge in [0.1, 0.15) is 12.4 Å². The molecule has 0 N–H and O–H groups in total. The number of hydrogen-bond donors (Lipinski definition) is 1. The summed E-state index contributed by atoms with van der Waals surface area (Å²) in [5.41, 5.74) is 0.0553. The number of hydrogen-bond acceptors (Lipinski definition) is 4. The molecule has 1 aromatic rings. The van der Waals surface area contributed by atoms with Crippen LogP contribution in [-0.4, -0.2) is 48.6 Å². The summed E-state index contributed by atoms with van der Waals surface area (Å²) >= 11 is 3.99. The number of halogens is 13. The number of alkyl halides is 13. The van der Waals surface area contributed by atoms with Crippen molar-refractivity contribution in [2.24, 2.45) is 0 Å². The summed E-state index contributed by atoms with van der Waals surface area (Å²) in [7, 11) is 0. The van der Waals surface area contributed by atoms with Crippen molar-refractivity contribution in [3.05, 3.63) is 42.0 Å².